The normalized spacial score (nSPS) is 24.2. The lowest BCUT2D eigenvalue weighted by molar-refractivity contribution is -0.156. The molecule has 0 radical (unpaired) electrons. The fourth-order valence-corrected chi connectivity index (χ4v) is 6.15. The minimum Gasteiger partial charge on any atom is -0.445 e. The van der Waals surface area contributed by atoms with Crippen molar-refractivity contribution in [3.8, 4) is 0 Å². The Hall–Kier alpha value is -2.94. The van der Waals surface area contributed by atoms with Crippen LogP contribution in [0.4, 0.5) is 4.79 Å². The van der Waals surface area contributed by atoms with Crippen LogP contribution in [0.15, 0.2) is 60.7 Å². The molecule has 1 unspecified atom stereocenters. The van der Waals surface area contributed by atoms with Crippen molar-refractivity contribution >= 4 is 12.0 Å². The number of hydrogen-bond acceptors (Lipinski definition) is 6. The van der Waals surface area contributed by atoms with E-state index in [1.54, 1.807) is 12.0 Å². The molecule has 8 heteroatoms. The van der Waals surface area contributed by atoms with Crippen molar-refractivity contribution in [2.75, 3.05) is 53.5 Å². The topological polar surface area (TPSA) is 65.6 Å². The smallest absolute Gasteiger partial charge is 0.410 e. The molecule has 3 fully saturated rings. The molecule has 36 heavy (non-hydrogen) atoms. The third-order valence-electron chi connectivity index (χ3n) is 8.24. The monoisotopic (exact) mass is 492 g/mol. The van der Waals surface area contributed by atoms with Crippen LogP contribution in [0.1, 0.15) is 24.0 Å². The van der Waals surface area contributed by atoms with Gasteiger partial charge in [-0.05, 0) is 31.0 Å². The van der Waals surface area contributed by atoms with Gasteiger partial charge in [0, 0.05) is 38.8 Å². The molecule has 1 spiro atoms. The number of ether oxygens (including phenoxy) is 2. The third-order valence-corrected chi connectivity index (χ3v) is 8.24. The Labute approximate surface area is 213 Å². The number of likely N-dealkylation sites (N-methyl/N-ethyl adjacent to an activating group) is 1. The highest BCUT2D eigenvalue weighted by Crippen LogP contribution is 2.44. The summed E-state index contributed by atoms with van der Waals surface area (Å²) in [6.45, 7) is 4.45. The second-order valence-electron chi connectivity index (χ2n) is 10.3. The number of rotatable bonds is 6. The Morgan fingerprint density at radius 3 is 2.22 bits per heavy atom. The highest BCUT2D eigenvalue weighted by atomic mass is 16.6. The van der Waals surface area contributed by atoms with Gasteiger partial charge in [-0.1, -0.05) is 60.7 Å². The fourth-order valence-electron chi connectivity index (χ4n) is 6.15. The summed E-state index contributed by atoms with van der Waals surface area (Å²) in [6.07, 6.45) is 1.46. The van der Waals surface area contributed by atoms with Gasteiger partial charge >= 0.3 is 6.09 Å². The van der Waals surface area contributed by atoms with E-state index in [0.29, 0.717) is 19.7 Å². The Morgan fingerprint density at radius 2 is 1.58 bits per heavy atom. The second-order valence-corrected chi connectivity index (χ2v) is 10.3. The van der Waals surface area contributed by atoms with Crippen molar-refractivity contribution in [1.82, 2.24) is 19.6 Å². The molecule has 0 bridgehead atoms. The maximum Gasteiger partial charge on any atom is 0.410 e. The van der Waals surface area contributed by atoms with E-state index in [9.17, 15) is 9.59 Å². The zero-order valence-electron chi connectivity index (χ0n) is 21.3. The summed E-state index contributed by atoms with van der Waals surface area (Å²) in [5.41, 5.74) is 1.41. The predicted octanol–water partition coefficient (Wildman–Crippen LogP) is 2.79. The quantitative estimate of drug-likeness (QED) is 0.618. The number of nitrogens with zero attached hydrogens (tertiary/aromatic N) is 4. The SMILES string of the molecule is COCC12CN(C(=O)OCc3ccccc3)CC(=O)N1CC1(CCN(Cc3ccccc3)CC1)N2C. The summed E-state index contributed by atoms with van der Waals surface area (Å²) >= 11 is 0. The first-order valence-corrected chi connectivity index (χ1v) is 12.7. The van der Waals surface area contributed by atoms with Crippen LogP contribution in [0.25, 0.3) is 0 Å². The molecule has 0 aromatic heterocycles. The number of likely N-dealkylation sites (tertiary alicyclic amines) is 1. The molecule has 0 saturated carbocycles. The fraction of sp³-hybridized carbons (Fsp3) is 0.500. The number of piperidine rings is 1. The largest absolute Gasteiger partial charge is 0.445 e. The van der Waals surface area contributed by atoms with Crippen molar-refractivity contribution in [1.29, 1.82) is 0 Å². The molecule has 0 N–H and O–H groups in total. The highest BCUT2D eigenvalue weighted by molar-refractivity contribution is 5.85. The summed E-state index contributed by atoms with van der Waals surface area (Å²) in [6, 6.07) is 20.1. The van der Waals surface area contributed by atoms with Gasteiger partial charge < -0.3 is 14.4 Å². The standard InChI is InChI=1S/C28H36N4O4/c1-29-27(13-15-30(16-14-27)17-23-9-5-3-6-10-23)20-32-25(33)18-31(21-28(29,32)22-35-2)26(34)36-19-24-11-7-4-8-12-24/h3-12H,13-22H2,1-2H3. The molecular formula is C28H36N4O4. The van der Waals surface area contributed by atoms with Gasteiger partial charge in [0.05, 0.1) is 13.2 Å². The van der Waals surface area contributed by atoms with E-state index in [1.807, 2.05) is 41.3 Å². The van der Waals surface area contributed by atoms with Crippen molar-refractivity contribution in [2.24, 2.45) is 0 Å². The molecule has 5 rings (SSSR count). The number of amides is 2. The number of carbonyl (C=O) groups is 2. The second kappa shape index (κ2) is 10.2. The number of carbonyl (C=O) groups excluding carboxylic acids is 2. The molecule has 3 aliphatic heterocycles. The van der Waals surface area contributed by atoms with Gasteiger partial charge in [-0.2, -0.15) is 0 Å². The van der Waals surface area contributed by atoms with Crippen LogP contribution in [0.5, 0.6) is 0 Å². The van der Waals surface area contributed by atoms with Crippen LogP contribution in [0.3, 0.4) is 0 Å². The van der Waals surface area contributed by atoms with E-state index in [2.05, 4.69) is 41.1 Å². The van der Waals surface area contributed by atoms with Crippen LogP contribution >= 0.6 is 0 Å². The molecule has 2 amide bonds. The van der Waals surface area contributed by atoms with Gasteiger partial charge in [0.2, 0.25) is 5.91 Å². The maximum absolute atomic E-state index is 13.4. The first-order valence-electron chi connectivity index (χ1n) is 12.7. The van der Waals surface area contributed by atoms with Crippen molar-refractivity contribution < 1.29 is 19.1 Å². The zero-order valence-corrected chi connectivity index (χ0v) is 21.3. The zero-order chi connectivity index (χ0) is 25.2. The summed E-state index contributed by atoms with van der Waals surface area (Å²) in [7, 11) is 3.75. The summed E-state index contributed by atoms with van der Waals surface area (Å²) in [4.78, 5) is 34.7. The Balaban J connectivity index is 1.29. The lowest BCUT2D eigenvalue weighted by Crippen LogP contribution is -2.70. The van der Waals surface area contributed by atoms with Gasteiger partial charge in [-0.3, -0.25) is 19.5 Å². The molecule has 1 atom stereocenters. The molecule has 0 aliphatic carbocycles. The van der Waals surface area contributed by atoms with Gasteiger partial charge in [-0.25, -0.2) is 4.79 Å². The Morgan fingerprint density at radius 1 is 0.944 bits per heavy atom. The van der Waals surface area contributed by atoms with Crippen LogP contribution in [-0.2, 0) is 27.4 Å². The number of hydrogen-bond donors (Lipinski definition) is 0. The Bertz CT molecular complexity index is 1060. The van der Waals surface area contributed by atoms with E-state index in [0.717, 1.165) is 38.0 Å². The predicted molar refractivity (Wildman–Crippen MR) is 136 cm³/mol. The van der Waals surface area contributed by atoms with Crippen molar-refractivity contribution in [3.63, 3.8) is 0 Å². The molecule has 2 aromatic rings. The molecule has 8 nitrogen and oxygen atoms in total. The summed E-state index contributed by atoms with van der Waals surface area (Å²) in [5, 5.41) is 0. The van der Waals surface area contributed by atoms with Crippen LogP contribution in [0, 0.1) is 0 Å². The highest BCUT2D eigenvalue weighted by Gasteiger charge is 2.62. The first kappa shape index (κ1) is 24.7. The minimum atomic E-state index is -0.697. The molecule has 192 valence electrons. The number of methoxy groups -OCH3 is 1. The van der Waals surface area contributed by atoms with E-state index in [1.165, 1.54) is 5.56 Å². The van der Waals surface area contributed by atoms with E-state index < -0.39 is 11.8 Å². The number of piperazine rings is 1. The van der Waals surface area contributed by atoms with E-state index in [4.69, 9.17) is 9.47 Å². The molecule has 2 aromatic carbocycles. The molecule has 3 aliphatic rings. The van der Waals surface area contributed by atoms with E-state index >= 15 is 0 Å². The first-order chi connectivity index (χ1) is 17.5. The Kier molecular flexibility index (Phi) is 7.01. The van der Waals surface area contributed by atoms with Crippen molar-refractivity contribution in [3.05, 3.63) is 71.8 Å². The van der Waals surface area contributed by atoms with Gasteiger partial charge in [0.25, 0.3) is 0 Å². The lowest BCUT2D eigenvalue weighted by atomic mass is 9.86. The minimum absolute atomic E-state index is 0.0309. The summed E-state index contributed by atoms with van der Waals surface area (Å²) in [5.74, 6) is -0.0506. The number of fused-ring (bicyclic) bond motifs is 1. The summed E-state index contributed by atoms with van der Waals surface area (Å²) < 4.78 is 11.3. The lowest BCUT2D eigenvalue weighted by Gasteiger charge is -2.50. The van der Waals surface area contributed by atoms with Gasteiger partial charge in [0.1, 0.15) is 18.8 Å². The van der Waals surface area contributed by atoms with Crippen LogP contribution in [-0.4, -0.2) is 96.3 Å². The van der Waals surface area contributed by atoms with E-state index in [-0.39, 0.29) is 24.6 Å². The van der Waals surface area contributed by atoms with Gasteiger partial charge in [-0.15, -0.1) is 0 Å². The maximum atomic E-state index is 13.4. The molecular weight excluding hydrogens is 456 g/mol. The van der Waals surface area contributed by atoms with Crippen LogP contribution < -0.4 is 0 Å². The average Bonchev–Trinajstić information content (AvgIpc) is 3.14. The van der Waals surface area contributed by atoms with Gasteiger partial charge in [0.15, 0.2) is 0 Å². The number of benzene rings is 2. The van der Waals surface area contributed by atoms with Crippen molar-refractivity contribution in [2.45, 2.75) is 37.2 Å². The third kappa shape index (κ3) is 4.61. The molecule has 3 heterocycles. The average molecular weight is 493 g/mol. The molecule has 3 saturated heterocycles. The van der Waals surface area contributed by atoms with Crippen LogP contribution in [0.2, 0.25) is 0 Å².